The quantitative estimate of drug-likeness (QED) is 0.494. The van der Waals surface area contributed by atoms with E-state index >= 15 is 0 Å². The van der Waals surface area contributed by atoms with E-state index in [0.717, 1.165) is 37.9 Å². The molecule has 0 unspecified atom stereocenters. The maximum atomic E-state index is 14.1. The zero-order chi connectivity index (χ0) is 27.1. The lowest BCUT2D eigenvalue weighted by atomic mass is 9.74. The first-order chi connectivity index (χ1) is 18.9. The van der Waals surface area contributed by atoms with E-state index in [1.807, 2.05) is 19.1 Å². The molecule has 1 aliphatic carbocycles. The molecule has 4 heterocycles. The van der Waals surface area contributed by atoms with Gasteiger partial charge in [-0.05, 0) is 62.8 Å². The van der Waals surface area contributed by atoms with Gasteiger partial charge in [0, 0.05) is 24.9 Å². The standard InChI is InChI=1S/C30H39N3O6/c1-3-37-20-12-10-19(11-13-20)31-27(34)24-23-14-15-30(39-23)25(24)29(36)33(17-21-8-6-16-38-21)26(30)28(35)32-22-9-5-4-7-18(22)2/h10-15,18,21-26H,3-9,16-17H2,1-2H3,(H,31,34)(H,32,35)/t18-,21+,22+,23-,24+,25-,26-,30-/m0/s1. The fourth-order valence-electron chi connectivity index (χ4n) is 7.29. The van der Waals surface area contributed by atoms with Crippen LogP contribution >= 0.6 is 0 Å². The summed E-state index contributed by atoms with van der Waals surface area (Å²) in [7, 11) is 0. The minimum atomic E-state index is -1.16. The Morgan fingerprint density at radius 2 is 1.90 bits per heavy atom. The molecule has 39 heavy (non-hydrogen) atoms. The topological polar surface area (TPSA) is 106 Å². The summed E-state index contributed by atoms with van der Waals surface area (Å²) in [6.07, 6.45) is 9.08. The molecule has 4 aliphatic heterocycles. The summed E-state index contributed by atoms with van der Waals surface area (Å²) >= 11 is 0. The number of ether oxygens (including phenoxy) is 3. The molecule has 9 heteroatoms. The van der Waals surface area contributed by atoms with Crippen molar-refractivity contribution in [2.75, 3.05) is 25.1 Å². The first-order valence-corrected chi connectivity index (χ1v) is 14.5. The first-order valence-electron chi connectivity index (χ1n) is 14.5. The van der Waals surface area contributed by atoms with Gasteiger partial charge >= 0.3 is 0 Å². The van der Waals surface area contributed by atoms with Gasteiger partial charge in [0.05, 0.1) is 30.7 Å². The van der Waals surface area contributed by atoms with Crippen molar-refractivity contribution in [3.8, 4) is 5.75 Å². The van der Waals surface area contributed by atoms with Gasteiger partial charge in [-0.3, -0.25) is 14.4 Å². The number of hydrogen-bond donors (Lipinski definition) is 2. The predicted octanol–water partition coefficient (Wildman–Crippen LogP) is 3.05. The Kier molecular flexibility index (Phi) is 7.14. The lowest BCUT2D eigenvalue weighted by Crippen LogP contribution is -2.58. The average molecular weight is 538 g/mol. The molecule has 5 aliphatic rings. The second-order valence-corrected chi connectivity index (χ2v) is 11.7. The highest BCUT2D eigenvalue weighted by Gasteiger charge is 2.73. The molecular weight excluding hydrogens is 498 g/mol. The van der Waals surface area contributed by atoms with Crippen molar-refractivity contribution in [1.82, 2.24) is 10.2 Å². The van der Waals surface area contributed by atoms with E-state index in [1.54, 1.807) is 29.2 Å². The number of anilines is 1. The third kappa shape index (κ3) is 4.63. The third-order valence-electron chi connectivity index (χ3n) is 9.22. The number of carbonyl (C=O) groups is 3. The summed E-state index contributed by atoms with van der Waals surface area (Å²) in [4.78, 5) is 43.4. The second-order valence-electron chi connectivity index (χ2n) is 11.7. The Morgan fingerprint density at radius 3 is 2.62 bits per heavy atom. The highest BCUT2D eigenvalue weighted by molar-refractivity contribution is 6.02. The van der Waals surface area contributed by atoms with Crippen LogP contribution in [0.15, 0.2) is 36.4 Å². The van der Waals surface area contributed by atoms with E-state index in [-0.39, 0.29) is 29.9 Å². The van der Waals surface area contributed by atoms with Crippen molar-refractivity contribution >= 4 is 23.4 Å². The SMILES string of the molecule is CCOc1ccc(NC(=O)[C@@H]2[C@@H]3C=C[C@]4(O3)[C@@H]2C(=O)N(C[C@H]2CCCO2)[C@H]4C(=O)N[C@@H]2CCCC[C@@H]2C)cc1. The Bertz CT molecular complexity index is 1130. The molecule has 1 aromatic carbocycles. The minimum absolute atomic E-state index is 0.0720. The molecule has 8 atom stereocenters. The first kappa shape index (κ1) is 26.3. The summed E-state index contributed by atoms with van der Waals surface area (Å²) in [5, 5.41) is 6.24. The molecular formula is C30H39N3O6. The number of amides is 3. The van der Waals surface area contributed by atoms with Gasteiger partial charge in [-0.1, -0.05) is 31.9 Å². The van der Waals surface area contributed by atoms with Crippen LogP contribution < -0.4 is 15.4 Å². The Morgan fingerprint density at radius 1 is 1.10 bits per heavy atom. The van der Waals surface area contributed by atoms with Gasteiger partial charge in [-0.25, -0.2) is 0 Å². The molecule has 1 spiro atoms. The van der Waals surface area contributed by atoms with Crippen LogP contribution in [-0.4, -0.2) is 72.3 Å². The van der Waals surface area contributed by atoms with Crippen LogP contribution in [0, 0.1) is 17.8 Å². The van der Waals surface area contributed by atoms with Crippen molar-refractivity contribution in [3.63, 3.8) is 0 Å². The molecule has 3 saturated heterocycles. The van der Waals surface area contributed by atoms with Gasteiger partial charge in [0.1, 0.15) is 17.4 Å². The summed E-state index contributed by atoms with van der Waals surface area (Å²) in [5.41, 5.74) is -0.546. The molecule has 1 saturated carbocycles. The fraction of sp³-hybridized carbons (Fsp3) is 0.633. The molecule has 9 nitrogen and oxygen atoms in total. The number of rotatable bonds is 8. The van der Waals surface area contributed by atoms with Gasteiger partial charge in [0.2, 0.25) is 17.7 Å². The van der Waals surface area contributed by atoms with Crippen LogP contribution in [0.3, 0.4) is 0 Å². The van der Waals surface area contributed by atoms with Gasteiger partial charge in [-0.15, -0.1) is 0 Å². The van der Waals surface area contributed by atoms with Crippen molar-refractivity contribution in [2.24, 2.45) is 17.8 Å². The normalized spacial score (nSPS) is 36.7. The van der Waals surface area contributed by atoms with Crippen LogP contribution in [0.4, 0.5) is 5.69 Å². The molecule has 0 aromatic heterocycles. The van der Waals surface area contributed by atoms with E-state index in [9.17, 15) is 14.4 Å². The molecule has 1 aromatic rings. The smallest absolute Gasteiger partial charge is 0.246 e. The summed E-state index contributed by atoms with van der Waals surface area (Å²) in [6, 6.07) is 6.40. The van der Waals surface area contributed by atoms with E-state index in [2.05, 4.69) is 17.6 Å². The zero-order valence-electron chi connectivity index (χ0n) is 22.8. The number of nitrogens with one attached hydrogen (secondary N) is 2. The van der Waals surface area contributed by atoms with Crippen LogP contribution in [0.1, 0.15) is 52.4 Å². The van der Waals surface area contributed by atoms with Gasteiger partial charge in [0.15, 0.2) is 0 Å². The van der Waals surface area contributed by atoms with Crippen LogP contribution in [0.5, 0.6) is 5.75 Å². The largest absolute Gasteiger partial charge is 0.494 e. The molecule has 0 radical (unpaired) electrons. The van der Waals surface area contributed by atoms with E-state index in [4.69, 9.17) is 14.2 Å². The monoisotopic (exact) mass is 537 g/mol. The fourth-order valence-corrected chi connectivity index (χ4v) is 7.29. The highest BCUT2D eigenvalue weighted by atomic mass is 16.5. The lowest BCUT2D eigenvalue weighted by molar-refractivity contribution is -0.143. The van der Waals surface area contributed by atoms with E-state index < -0.39 is 29.6 Å². The molecule has 2 N–H and O–H groups in total. The summed E-state index contributed by atoms with van der Waals surface area (Å²) in [5.74, 6) is -1.08. The third-order valence-corrected chi connectivity index (χ3v) is 9.22. The molecule has 3 amide bonds. The number of benzene rings is 1. The maximum absolute atomic E-state index is 14.1. The molecule has 2 bridgehead atoms. The molecule has 4 fully saturated rings. The number of likely N-dealkylation sites (tertiary alicyclic amines) is 1. The number of nitrogens with zero attached hydrogens (tertiary/aromatic N) is 1. The molecule has 6 rings (SSSR count). The highest BCUT2D eigenvalue weighted by Crippen LogP contribution is 2.55. The Balaban J connectivity index is 1.26. The van der Waals surface area contributed by atoms with Gasteiger partial charge in [0.25, 0.3) is 0 Å². The second kappa shape index (κ2) is 10.6. The van der Waals surface area contributed by atoms with Crippen molar-refractivity contribution in [1.29, 1.82) is 0 Å². The Labute approximate surface area is 229 Å². The summed E-state index contributed by atoms with van der Waals surface area (Å²) in [6.45, 7) is 5.63. The van der Waals surface area contributed by atoms with E-state index in [1.165, 1.54) is 6.42 Å². The van der Waals surface area contributed by atoms with Crippen LogP contribution in [0.2, 0.25) is 0 Å². The van der Waals surface area contributed by atoms with Crippen molar-refractivity contribution in [2.45, 2.75) is 82.3 Å². The lowest BCUT2D eigenvalue weighted by Gasteiger charge is -2.36. The van der Waals surface area contributed by atoms with Crippen molar-refractivity contribution < 1.29 is 28.6 Å². The van der Waals surface area contributed by atoms with Crippen LogP contribution in [-0.2, 0) is 23.9 Å². The van der Waals surface area contributed by atoms with Crippen molar-refractivity contribution in [3.05, 3.63) is 36.4 Å². The summed E-state index contributed by atoms with van der Waals surface area (Å²) < 4.78 is 17.8. The van der Waals surface area contributed by atoms with Gasteiger partial charge < -0.3 is 29.7 Å². The van der Waals surface area contributed by atoms with Gasteiger partial charge in [-0.2, -0.15) is 0 Å². The van der Waals surface area contributed by atoms with Crippen LogP contribution in [0.25, 0.3) is 0 Å². The predicted molar refractivity (Wildman–Crippen MR) is 144 cm³/mol. The average Bonchev–Trinajstić information content (AvgIpc) is 3.70. The maximum Gasteiger partial charge on any atom is 0.246 e. The molecule has 210 valence electrons. The number of carbonyl (C=O) groups excluding carboxylic acids is 3. The number of hydrogen-bond acceptors (Lipinski definition) is 6. The zero-order valence-corrected chi connectivity index (χ0v) is 22.8. The van der Waals surface area contributed by atoms with E-state index in [0.29, 0.717) is 31.4 Å². The Hall–Kier alpha value is -2.91. The number of fused-ring (bicyclic) bond motifs is 1. The minimum Gasteiger partial charge on any atom is -0.494 e.